The van der Waals surface area contributed by atoms with Crippen LogP contribution < -0.4 is 26.2 Å². The first kappa shape index (κ1) is 33.6. The predicted octanol–water partition coefficient (Wildman–Crippen LogP) is 4.59. The van der Waals surface area contributed by atoms with Crippen LogP contribution in [0.4, 0.5) is 10.5 Å². The van der Waals surface area contributed by atoms with Crippen LogP contribution >= 0.6 is 27.3 Å². The van der Waals surface area contributed by atoms with Gasteiger partial charge in [-0.2, -0.15) is 0 Å². The summed E-state index contributed by atoms with van der Waals surface area (Å²) in [5.41, 5.74) is 4.31. The first-order chi connectivity index (χ1) is 22.2. The normalized spacial score (nSPS) is 16.6. The Balaban J connectivity index is 1.34. The number of anilines is 1. The molecular formula is C33H39BrN6O5S. The topological polar surface area (TPSA) is 142 Å². The number of halogens is 1. The van der Waals surface area contributed by atoms with Crippen molar-refractivity contribution in [1.82, 2.24) is 26.3 Å². The molecule has 3 aromatic rings. The highest BCUT2D eigenvalue weighted by molar-refractivity contribution is 9.10. The molecular weight excluding hydrogens is 672 g/mol. The lowest BCUT2D eigenvalue weighted by atomic mass is 10.0. The van der Waals surface area contributed by atoms with Gasteiger partial charge >= 0.3 is 6.09 Å². The highest BCUT2D eigenvalue weighted by atomic mass is 79.9. The summed E-state index contributed by atoms with van der Waals surface area (Å²) in [5.74, 6) is -0.315. The fourth-order valence-electron chi connectivity index (χ4n) is 5.10. The molecule has 244 valence electrons. The van der Waals surface area contributed by atoms with Crippen LogP contribution in [-0.2, 0) is 16.0 Å². The van der Waals surface area contributed by atoms with E-state index in [-0.39, 0.29) is 29.0 Å². The number of benzene rings is 2. The zero-order chi connectivity index (χ0) is 32.6. The van der Waals surface area contributed by atoms with Crippen LogP contribution in [0.1, 0.15) is 71.1 Å². The van der Waals surface area contributed by atoms with E-state index in [0.717, 1.165) is 28.6 Å². The minimum absolute atomic E-state index is 0.0835. The van der Waals surface area contributed by atoms with Crippen molar-refractivity contribution in [2.24, 2.45) is 5.92 Å². The molecule has 3 atom stereocenters. The Hall–Kier alpha value is -3.81. The molecule has 0 radical (unpaired) electrons. The maximum Gasteiger partial charge on any atom is 0.414 e. The lowest BCUT2D eigenvalue weighted by Gasteiger charge is -2.27. The van der Waals surface area contributed by atoms with E-state index in [1.165, 1.54) is 22.3 Å². The summed E-state index contributed by atoms with van der Waals surface area (Å²) in [4.78, 5) is 58.4. The molecule has 2 aliphatic rings. The van der Waals surface area contributed by atoms with E-state index in [1.807, 2.05) is 36.6 Å². The summed E-state index contributed by atoms with van der Waals surface area (Å²) in [6, 6.07) is 11.2. The number of hydrogen-bond donors (Lipinski definition) is 4. The molecule has 13 heteroatoms. The molecule has 1 aliphatic carbocycles. The third kappa shape index (κ3) is 9.36. The largest absolute Gasteiger partial charge is 0.449 e. The minimum atomic E-state index is -0.530. The Morgan fingerprint density at radius 3 is 2.43 bits per heavy atom. The third-order valence-corrected chi connectivity index (χ3v) is 9.21. The van der Waals surface area contributed by atoms with E-state index in [2.05, 4.69) is 42.2 Å². The van der Waals surface area contributed by atoms with Gasteiger partial charge in [0.05, 0.1) is 29.9 Å². The molecule has 1 aromatic heterocycles. The standard InChI is InChI=1S/C33H39BrN6O5S/c1-20(23-6-8-26(34)9-7-23)38-31(42)24-12-25(14-29(13-24)40-10-3-11-45-33(40)44)32(43)39-27(15-28-18-46-19-37-28)17-35-21(2)30(41)36-16-22-4-5-22/h6-9,12-14,18-22,27,35H,3-5,10-11,15-17H2,1-2H3,(H,36,41)(H,38,42)(H,39,43)/t20-,21+,27+/m1/s1. The fourth-order valence-corrected chi connectivity index (χ4v) is 5.93. The number of aromatic nitrogens is 1. The van der Waals surface area contributed by atoms with Gasteiger partial charge in [-0.1, -0.05) is 28.1 Å². The highest BCUT2D eigenvalue weighted by Crippen LogP contribution is 2.27. The molecule has 1 aliphatic heterocycles. The molecule has 4 amide bonds. The van der Waals surface area contributed by atoms with Crippen molar-refractivity contribution >= 4 is 56.8 Å². The Morgan fingerprint density at radius 1 is 1.07 bits per heavy atom. The number of nitrogens with zero attached hydrogens (tertiary/aromatic N) is 2. The summed E-state index contributed by atoms with van der Waals surface area (Å²) in [6.45, 7) is 5.39. The number of hydrogen-bond acceptors (Lipinski definition) is 8. The Morgan fingerprint density at radius 2 is 1.78 bits per heavy atom. The number of rotatable bonds is 14. The van der Waals surface area contributed by atoms with Gasteiger partial charge in [-0.3, -0.25) is 19.3 Å². The summed E-state index contributed by atoms with van der Waals surface area (Å²) in [5, 5.41) is 14.2. The monoisotopic (exact) mass is 710 g/mol. The Labute approximate surface area is 281 Å². The lowest BCUT2D eigenvalue weighted by molar-refractivity contribution is -0.122. The van der Waals surface area contributed by atoms with Crippen LogP contribution in [-0.4, -0.2) is 67.1 Å². The van der Waals surface area contributed by atoms with Crippen molar-refractivity contribution in [1.29, 1.82) is 0 Å². The van der Waals surface area contributed by atoms with Crippen LogP contribution in [0.15, 0.2) is 57.8 Å². The molecule has 1 saturated heterocycles. The molecule has 11 nitrogen and oxygen atoms in total. The second-order valence-electron chi connectivity index (χ2n) is 11.8. The van der Waals surface area contributed by atoms with Gasteiger partial charge < -0.3 is 26.0 Å². The van der Waals surface area contributed by atoms with Crippen molar-refractivity contribution in [2.75, 3.05) is 31.1 Å². The quantitative estimate of drug-likeness (QED) is 0.192. The van der Waals surface area contributed by atoms with Crippen LogP contribution in [0.2, 0.25) is 0 Å². The number of cyclic esters (lactones) is 1. The summed E-state index contributed by atoms with van der Waals surface area (Å²) < 4.78 is 6.18. The van der Waals surface area contributed by atoms with Crippen LogP contribution in [0.5, 0.6) is 0 Å². The van der Waals surface area contributed by atoms with Gasteiger partial charge in [0.2, 0.25) is 5.91 Å². The molecule has 0 bridgehead atoms. The van der Waals surface area contributed by atoms with Crippen LogP contribution in [0.3, 0.4) is 0 Å². The van der Waals surface area contributed by atoms with Crippen molar-refractivity contribution in [3.05, 3.63) is 80.2 Å². The van der Waals surface area contributed by atoms with Gasteiger partial charge in [0.25, 0.3) is 11.8 Å². The molecule has 0 unspecified atom stereocenters. The van der Waals surface area contributed by atoms with Gasteiger partial charge in [-0.05, 0) is 74.9 Å². The number of amides is 4. The van der Waals surface area contributed by atoms with E-state index in [9.17, 15) is 19.2 Å². The van der Waals surface area contributed by atoms with E-state index in [0.29, 0.717) is 50.7 Å². The Kier molecular flexibility index (Phi) is 11.4. The van der Waals surface area contributed by atoms with E-state index < -0.39 is 24.1 Å². The van der Waals surface area contributed by atoms with Gasteiger partial charge in [0.1, 0.15) is 0 Å². The SMILES string of the molecule is C[C@H](NC[C@H](Cc1cscn1)NC(=O)c1cc(C(=O)N[C@H](C)c2ccc(Br)cc2)cc(N2CCCOC2=O)c1)C(=O)NCC1CC1. The molecule has 4 N–H and O–H groups in total. The van der Waals surface area contributed by atoms with E-state index in [4.69, 9.17) is 4.74 Å². The average molecular weight is 712 g/mol. The maximum absolute atomic E-state index is 13.8. The number of thiazole rings is 1. The smallest absolute Gasteiger partial charge is 0.414 e. The second kappa shape index (κ2) is 15.7. The average Bonchev–Trinajstić information content (AvgIpc) is 3.75. The maximum atomic E-state index is 13.8. The molecule has 0 spiro atoms. The van der Waals surface area contributed by atoms with Crippen LogP contribution in [0, 0.1) is 5.92 Å². The predicted molar refractivity (Wildman–Crippen MR) is 180 cm³/mol. The first-order valence-electron chi connectivity index (χ1n) is 15.5. The minimum Gasteiger partial charge on any atom is -0.449 e. The molecule has 2 heterocycles. The van der Waals surface area contributed by atoms with E-state index in [1.54, 1.807) is 24.6 Å². The third-order valence-electron chi connectivity index (χ3n) is 8.04. The molecule has 2 aromatic carbocycles. The number of carbonyl (C=O) groups excluding carboxylic acids is 4. The number of nitrogens with one attached hydrogen (secondary N) is 4. The summed E-state index contributed by atoms with van der Waals surface area (Å²) >= 11 is 4.89. The molecule has 5 rings (SSSR count). The van der Waals surface area contributed by atoms with Crippen molar-refractivity contribution in [3.8, 4) is 0 Å². The highest BCUT2D eigenvalue weighted by Gasteiger charge is 2.26. The van der Waals surface area contributed by atoms with Gasteiger partial charge in [-0.25, -0.2) is 9.78 Å². The van der Waals surface area contributed by atoms with Crippen LogP contribution in [0.25, 0.3) is 0 Å². The molecule has 46 heavy (non-hydrogen) atoms. The fraction of sp³-hybridized carbons (Fsp3) is 0.424. The van der Waals surface area contributed by atoms with Crippen molar-refractivity contribution < 1.29 is 23.9 Å². The Bertz CT molecular complexity index is 1530. The summed E-state index contributed by atoms with van der Waals surface area (Å²) in [6.07, 6.45) is 2.83. The van der Waals surface area contributed by atoms with Gasteiger partial charge in [0.15, 0.2) is 0 Å². The number of ether oxygens (including phenoxy) is 1. The summed E-state index contributed by atoms with van der Waals surface area (Å²) in [7, 11) is 0. The van der Waals surface area contributed by atoms with E-state index >= 15 is 0 Å². The van der Waals surface area contributed by atoms with Crippen molar-refractivity contribution in [2.45, 2.75) is 57.7 Å². The second-order valence-corrected chi connectivity index (χ2v) is 13.4. The van der Waals surface area contributed by atoms with Gasteiger partial charge in [0, 0.05) is 58.8 Å². The van der Waals surface area contributed by atoms with Gasteiger partial charge in [-0.15, -0.1) is 11.3 Å². The van der Waals surface area contributed by atoms with Crippen molar-refractivity contribution in [3.63, 3.8) is 0 Å². The first-order valence-corrected chi connectivity index (χ1v) is 17.2. The molecule has 1 saturated carbocycles. The number of carbonyl (C=O) groups is 4. The zero-order valence-corrected chi connectivity index (χ0v) is 28.3. The zero-order valence-electron chi connectivity index (χ0n) is 25.9. The molecule has 2 fully saturated rings. The lowest BCUT2D eigenvalue weighted by Crippen LogP contribution is -2.49.